The van der Waals surface area contributed by atoms with Crippen LogP contribution in [0.15, 0.2) is 28.7 Å². The van der Waals surface area contributed by atoms with Gasteiger partial charge in [0.1, 0.15) is 17.1 Å². The van der Waals surface area contributed by atoms with E-state index in [1.54, 1.807) is 19.9 Å². The maximum atomic E-state index is 11.8. The largest absolute Gasteiger partial charge is 0.460 e. The van der Waals surface area contributed by atoms with Crippen LogP contribution in [0, 0.1) is 6.92 Å². The van der Waals surface area contributed by atoms with Crippen molar-refractivity contribution < 1.29 is 12.8 Å². The summed E-state index contributed by atoms with van der Waals surface area (Å²) in [4.78, 5) is 0. The Hall–Kier alpha value is -1.29. The predicted octanol–water partition coefficient (Wildman–Crippen LogP) is 3.06. The van der Waals surface area contributed by atoms with E-state index >= 15 is 0 Å². The standard InChI is InChI=1S/C13H16O3S/c1-9(2)17(14,15)8-12-7-11-5-4-10(3)6-13(11)16-12/h4-7,9H,8H2,1-3H3. The first-order chi connectivity index (χ1) is 7.88. The molecule has 0 spiro atoms. The summed E-state index contributed by atoms with van der Waals surface area (Å²) in [6, 6.07) is 7.65. The van der Waals surface area contributed by atoms with Gasteiger partial charge in [-0.25, -0.2) is 8.42 Å². The lowest BCUT2D eigenvalue weighted by Crippen LogP contribution is -2.15. The van der Waals surface area contributed by atoms with Crippen LogP contribution in [-0.2, 0) is 15.6 Å². The molecular formula is C13H16O3S. The topological polar surface area (TPSA) is 47.3 Å². The number of furan rings is 1. The third kappa shape index (κ3) is 2.52. The second kappa shape index (κ2) is 4.18. The van der Waals surface area contributed by atoms with Gasteiger partial charge in [0.15, 0.2) is 9.84 Å². The lowest BCUT2D eigenvalue weighted by molar-refractivity contribution is 0.550. The minimum Gasteiger partial charge on any atom is -0.460 e. The molecule has 0 saturated heterocycles. The van der Waals surface area contributed by atoms with E-state index in [9.17, 15) is 8.42 Å². The fourth-order valence-corrected chi connectivity index (χ4v) is 2.50. The Labute approximate surface area is 101 Å². The summed E-state index contributed by atoms with van der Waals surface area (Å²) in [7, 11) is -3.10. The zero-order chi connectivity index (χ0) is 12.6. The van der Waals surface area contributed by atoms with Crippen LogP contribution in [0.5, 0.6) is 0 Å². The van der Waals surface area contributed by atoms with Crippen LogP contribution < -0.4 is 0 Å². The van der Waals surface area contributed by atoms with Gasteiger partial charge in [-0.2, -0.15) is 0 Å². The van der Waals surface area contributed by atoms with Gasteiger partial charge in [0, 0.05) is 5.39 Å². The number of sulfone groups is 1. The fourth-order valence-electron chi connectivity index (χ4n) is 1.63. The van der Waals surface area contributed by atoms with Gasteiger partial charge in [0.05, 0.1) is 5.25 Å². The van der Waals surface area contributed by atoms with Crippen LogP contribution in [0.4, 0.5) is 0 Å². The van der Waals surface area contributed by atoms with Gasteiger partial charge in [0.25, 0.3) is 0 Å². The summed E-state index contributed by atoms with van der Waals surface area (Å²) < 4.78 is 29.1. The highest BCUT2D eigenvalue weighted by molar-refractivity contribution is 7.91. The SMILES string of the molecule is Cc1ccc2cc(CS(=O)(=O)C(C)C)oc2c1. The van der Waals surface area contributed by atoms with Crippen molar-refractivity contribution in [2.75, 3.05) is 0 Å². The van der Waals surface area contributed by atoms with E-state index in [1.165, 1.54) is 0 Å². The van der Waals surface area contributed by atoms with Gasteiger partial charge in [-0.05, 0) is 38.5 Å². The molecule has 2 aromatic rings. The van der Waals surface area contributed by atoms with Crippen molar-refractivity contribution in [1.29, 1.82) is 0 Å². The Bertz CT molecular complexity index is 636. The van der Waals surface area contributed by atoms with E-state index in [1.807, 2.05) is 25.1 Å². The number of fused-ring (bicyclic) bond motifs is 1. The summed E-state index contributed by atoms with van der Waals surface area (Å²) in [5.41, 5.74) is 1.85. The molecule has 1 heterocycles. The van der Waals surface area contributed by atoms with Gasteiger partial charge < -0.3 is 4.42 Å². The molecule has 2 rings (SSSR count). The number of hydrogen-bond donors (Lipinski definition) is 0. The Morgan fingerprint density at radius 1 is 1.24 bits per heavy atom. The zero-order valence-electron chi connectivity index (χ0n) is 10.2. The van der Waals surface area contributed by atoms with E-state index in [4.69, 9.17) is 4.42 Å². The van der Waals surface area contributed by atoms with Gasteiger partial charge in [-0.1, -0.05) is 12.1 Å². The van der Waals surface area contributed by atoms with Crippen molar-refractivity contribution >= 4 is 20.8 Å². The summed E-state index contributed by atoms with van der Waals surface area (Å²) in [5, 5.41) is 0.571. The summed E-state index contributed by atoms with van der Waals surface area (Å²) in [6.45, 7) is 5.34. The van der Waals surface area contributed by atoms with E-state index in [2.05, 4.69) is 0 Å². The Balaban J connectivity index is 2.38. The van der Waals surface area contributed by atoms with Crippen LogP contribution in [-0.4, -0.2) is 13.7 Å². The van der Waals surface area contributed by atoms with Gasteiger partial charge in [-0.3, -0.25) is 0 Å². The van der Waals surface area contributed by atoms with Crippen LogP contribution >= 0.6 is 0 Å². The van der Waals surface area contributed by atoms with Gasteiger partial charge >= 0.3 is 0 Å². The quantitative estimate of drug-likeness (QED) is 0.843. The molecule has 0 radical (unpaired) electrons. The maximum absolute atomic E-state index is 11.8. The number of aryl methyl sites for hydroxylation is 1. The first kappa shape index (κ1) is 12.2. The molecule has 0 bridgehead atoms. The highest BCUT2D eigenvalue weighted by Gasteiger charge is 2.19. The molecule has 1 aromatic carbocycles. The molecule has 0 unspecified atom stereocenters. The third-order valence-corrected chi connectivity index (χ3v) is 4.91. The minimum atomic E-state index is -3.10. The lowest BCUT2D eigenvalue weighted by Gasteiger charge is -2.04. The second-order valence-corrected chi connectivity index (χ2v) is 7.17. The molecular weight excluding hydrogens is 236 g/mol. The number of hydrogen-bond acceptors (Lipinski definition) is 3. The normalized spacial score (nSPS) is 12.5. The molecule has 0 atom stereocenters. The molecule has 0 fully saturated rings. The summed E-state index contributed by atoms with van der Waals surface area (Å²) in [6.07, 6.45) is 0. The van der Waals surface area contributed by atoms with Crippen molar-refractivity contribution in [3.05, 3.63) is 35.6 Å². The minimum absolute atomic E-state index is 0.0294. The van der Waals surface area contributed by atoms with Crippen LogP contribution in [0.2, 0.25) is 0 Å². The molecule has 4 heteroatoms. The molecule has 0 aliphatic rings. The molecule has 0 aliphatic heterocycles. The zero-order valence-corrected chi connectivity index (χ0v) is 11.0. The first-order valence-electron chi connectivity index (χ1n) is 5.59. The Kier molecular flexibility index (Phi) is 3.00. The van der Waals surface area contributed by atoms with E-state index in [-0.39, 0.29) is 11.0 Å². The van der Waals surface area contributed by atoms with E-state index in [0.717, 1.165) is 16.5 Å². The fraction of sp³-hybridized carbons (Fsp3) is 0.385. The number of rotatable bonds is 3. The molecule has 92 valence electrons. The average molecular weight is 252 g/mol. The molecule has 1 aromatic heterocycles. The molecule has 17 heavy (non-hydrogen) atoms. The second-order valence-electron chi connectivity index (χ2n) is 4.61. The summed E-state index contributed by atoms with van der Waals surface area (Å²) >= 11 is 0. The van der Waals surface area contributed by atoms with Crippen molar-refractivity contribution in [2.24, 2.45) is 0 Å². The molecule has 0 aliphatic carbocycles. The Morgan fingerprint density at radius 2 is 1.94 bits per heavy atom. The van der Waals surface area contributed by atoms with Crippen molar-refractivity contribution in [3.63, 3.8) is 0 Å². The first-order valence-corrected chi connectivity index (χ1v) is 7.31. The van der Waals surface area contributed by atoms with Crippen molar-refractivity contribution in [1.82, 2.24) is 0 Å². The predicted molar refractivity (Wildman–Crippen MR) is 68.7 cm³/mol. The molecule has 0 N–H and O–H groups in total. The number of benzene rings is 1. The molecule has 3 nitrogen and oxygen atoms in total. The molecule has 0 saturated carbocycles. The van der Waals surface area contributed by atoms with Crippen molar-refractivity contribution in [2.45, 2.75) is 31.8 Å². The maximum Gasteiger partial charge on any atom is 0.159 e. The van der Waals surface area contributed by atoms with Crippen LogP contribution in [0.3, 0.4) is 0 Å². The summed E-state index contributed by atoms with van der Waals surface area (Å²) in [5.74, 6) is 0.484. The average Bonchev–Trinajstić information content (AvgIpc) is 2.57. The van der Waals surface area contributed by atoms with E-state index < -0.39 is 9.84 Å². The van der Waals surface area contributed by atoms with E-state index in [0.29, 0.717) is 5.76 Å². The smallest absolute Gasteiger partial charge is 0.159 e. The Morgan fingerprint density at radius 3 is 2.59 bits per heavy atom. The highest BCUT2D eigenvalue weighted by atomic mass is 32.2. The van der Waals surface area contributed by atoms with Gasteiger partial charge in [0.2, 0.25) is 0 Å². The monoisotopic (exact) mass is 252 g/mol. The van der Waals surface area contributed by atoms with Crippen LogP contribution in [0.1, 0.15) is 25.2 Å². The lowest BCUT2D eigenvalue weighted by atomic mass is 10.2. The molecule has 0 amide bonds. The van der Waals surface area contributed by atoms with Gasteiger partial charge in [-0.15, -0.1) is 0 Å². The van der Waals surface area contributed by atoms with Crippen LogP contribution in [0.25, 0.3) is 11.0 Å². The highest BCUT2D eigenvalue weighted by Crippen LogP contribution is 2.22. The third-order valence-electron chi connectivity index (χ3n) is 2.79. The van der Waals surface area contributed by atoms with Crippen molar-refractivity contribution in [3.8, 4) is 0 Å².